The second-order valence-electron chi connectivity index (χ2n) is 7.13. The first-order valence-electron chi connectivity index (χ1n) is 7.60. The summed E-state index contributed by atoms with van der Waals surface area (Å²) in [7, 11) is -0.383. The fourth-order valence-electron chi connectivity index (χ4n) is 2.68. The van der Waals surface area contributed by atoms with Gasteiger partial charge in [0, 0.05) is 0 Å². The molecule has 6 heteroatoms. The summed E-state index contributed by atoms with van der Waals surface area (Å²) < 4.78 is 17.3. The minimum Gasteiger partial charge on any atom is -0.438 e. The number of nitrogens with two attached hydrogens (primary N) is 1. The Morgan fingerprint density at radius 1 is 1.09 bits per heavy atom. The molecular weight excluding hydrogens is 281 g/mol. The minimum atomic E-state index is -0.729. The highest BCUT2D eigenvalue weighted by Crippen LogP contribution is 2.49. The third-order valence-corrected chi connectivity index (χ3v) is 4.96. The van der Waals surface area contributed by atoms with Gasteiger partial charge in [-0.3, -0.25) is 0 Å². The van der Waals surface area contributed by atoms with Crippen molar-refractivity contribution in [2.45, 2.75) is 57.3 Å². The summed E-state index contributed by atoms with van der Waals surface area (Å²) in [6.07, 6.45) is 0.893. The minimum absolute atomic E-state index is 0.358. The second-order valence-corrected chi connectivity index (χ2v) is 7.13. The predicted molar refractivity (Wildman–Crippen MR) is 83.7 cm³/mol. The molecule has 1 aliphatic heterocycles. The van der Waals surface area contributed by atoms with Gasteiger partial charge in [-0.2, -0.15) is 0 Å². The van der Waals surface area contributed by atoms with Crippen LogP contribution < -0.4 is 11.2 Å². The summed E-state index contributed by atoms with van der Waals surface area (Å²) >= 11 is 0. The van der Waals surface area contributed by atoms with Crippen LogP contribution in [0.3, 0.4) is 0 Å². The number of hydrogen-bond donors (Lipinski definition) is 1. The standard InChI is InChI=1S/C16H22BNO4/c1-14(2)15(3,4)22-17(21-14)12-7-5-11(6-8-12)16(9-10-16)20-13(18)19/h5-8H,9-10H2,1-4H3,(H2,18,19). The second kappa shape index (κ2) is 4.73. The Hall–Kier alpha value is -1.53. The molecule has 0 atom stereocenters. The Balaban J connectivity index is 1.78. The molecular formula is C16H22BNO4. The lowest BCUT2D eigenvalue weighted by molar-refractivity contribution is 0.00578. The summed E-state index contributed by atoms with van der Waals surface area (Å²) in [5.74, 6) is 0. The number of ether oxygens (including phenoxy) is 1. The molecule has 0 aromatic heterocycles. The summed E-state index contributed by atoms with van der Waals surface area (Å²) in [5, 5.41) is 0. The van der Waals surface area contributed by atoms with Crippen LogP contribution in [0.25, 0.3) is 0 Å². The van der Waals surface area contributed by atoms with Gasteiger partial charge >= 0.3 is 13.2 Å². The third-order valence-electron chi connectivity index (χ3n) is 4.96. The smallest absolute Gasteiger partial charge is 0.438 e. The van der Waals surface area contributed by atoms with Gasteiger partial charge in [0.25, 0.3) is 0 Å². The van der Waals surface area contributed by atoms with E-state index < -0.39 is 11.7 Å². The molecule has 1 aliphatic carbocycles. The normalized spacial score (nSPS) is 24.1. The molecule has 1 saturated carbocycles. The molecule has 2 fully saturated rings. The van der Waals surface area contributed by atoms with Crippen molar-refractivity contribution in [2.24, 2.45) is 5.73 Å². The van der Waals surface area contributed by atoms with Gasteiger partial charge < -0.3 is 19.8 Å². The predicted octanol–water partition coefficient (Wildman–Crippen LogP) is 2.07. The zero-order valence-electron chi connectivity index (χ0n) is 13.5. The fraction of sp³-hybridized carbons (Fsp3) is 0.562. The van der Waals surface area contributed by atoms with Crippen LogP contribution in [-0.2, 0) is 19.6 Å². The van der Waals surface area contributed by atoms with Gasteiger partial charge in [-0.05, 0) is 51.6 Å². The highest BCUT2D eigenvalue weighted by atomic mass is 16.7. The lowest BCUT2D eigenvalue weighted by atomic mass is 9.78. The summed E-state index contributed by atoms with van der Waals surface area (Å²) in [4.78, 5) is 11.0. The van der Waals surface area contributed by atoms with Crippen molar-refractivity contribution >= 4 is 18.7 Å². The lowest BCUT2D eigenvalue weighted by Crippen LogP contribution is -2.41. The Morgan fingerprint density at radius 2 is 1.59 bits per heavy atom. The maximum atomic E-state index is 11.0. The Kier molecular flexibility index (Phi) is 3.31. The molecule has 1 aromatic carbocycles. The van der Waals surface area contributed by atoms with Gasteiger partial charge in [-0.25, -0.2) is 4.79 Å². The van der Waals surface area contributed by atoms with E-state index in [4.69, 9.17) is 19.8 Å². The summed E-state index contributed by atoms with van der Waals surface area (Å²) in [6, 6.07) is 7.83. The van der Waals surface area contributed by atoms with Crippen molar-refractivity contribution in [2.75, 3.05) is 0 Å². The molecule has 5 nitrogen and oxygen atoms in total. The zero-order chi connectivity index (χ0) is 16.2. The van der Waals surface area contributed by atoms with Crippen molar-refractivity contribution in [3.63, 3.8) is 0 Å². The van der Waals surface area contributed by atoms with Crippen LogP contribution in [0, 0.1) is 0 Å². The molecule has 0 unspecified atom stereocenters. The molecule has 0 radical (unpaired) electrons. The van der Waals surface area contributed by atoms with Crippen LogP contribution in [0.15, 0.2) is 24.3 Å². The quantitative estimate of drug-likeness (QED) is 0.868. The third kappa shape index (κ3) is 2.50. The number of rotatable bonds is 3. The van der Waals surface area contributed by atoms with Crippen molar-refractivity contribution in [1.82, 2.24) is 0 Å². The summed E-state index contributed by atoms with van der Waals surface area (Å²) in [5.41, 5.74) is 5.82. The largest absolute Gasteiger partial charge is 0.494 e. The van der Waals surface area contributed by atoms with Crippen molar-refractivity contribution in [1.29, 1.82) is 0 Å². The van der Waals surface area contributed by atoms with E-state index in [1.165, 1.54) is 0 Å². The fourth-order valence-corrected chi connectivity index (χ4v) is 2.68. The van der Waals surface area contributed by atoms with Crippen LogP contribution in [0.4, 0.5) is 4.79 Å². The molecule has 0 bridgehead atoms. The van der Waals surface area contributed by atoms with E-state index in [0.29, 0.717) is 0 Å². The Morgan fingerprint density at radius 3 is 2.00 bits per heavy atom. The lowest BCUT2D eigenvalue weighted by Gasteiger charge is -2.32. The number of benzene rings is 1. The number of carbonyl (C=O) groups is 1. The van der Waals surface area contributed by atoms with Crippen LogP contribution >= 0.6 is 0 Å². The van der Waals surface area contributed by atoms with Crippen LogP contribution in [0.2, 0.25) is 0 Å². The van der Waals surface area contributed by atoms with Crippen molar-refractivity contribution in [3.05, 3.63) is 29.8 Å². The van der Waals surface area contributed by atoms with E-state index in [9.17, 15) is 4.79 Å². The molecule has 2 N–H and O–H groups in total. The first kappa shape index (κ1) is 15.4. The SMILES string of the molecule is CC1(C)OB(c2ccc(C3(OC(N)=O)CC3)cc2)OC1(C)C. The molecule has 22 heavy (non-hydrogen) atoms. The monoisotopic (exact) mass is 303 g/mol. The van der Waals surface area contributed by atoms with Gasteiger partial charge in [0.05, 0.1) is 11.2 Å². The van der Waals surface area contributed by atoms with Gasteiger partial charge in [-0.1, -0.05) is 24.3 Å². The van der Waals surface area contributed by atoms with Gasteiger partial charge in [-0.15, -0.1) is 0 Å². The first-order chi connectivity index (χ1) is 10.2. The van der Waals surface area contributed by atoms with Crippen LogP contribution in [-0.4, -0.2) is 24.4 Å². The van der Waals surface area contributed by atoms with Crippen LogP contribution in [0.1, 0.15) is 46.1 Å². The number of carbonyl (C=O) groups excluding carboxylic acids is 1. The maximum absolute atomic E-state index is 11.0. The molecule has 1 heterocycles. The average Bonchev–Trinajstić information content (AvgIpc) is 3.13. The number of primary amides is 1. The first-order valence-corrected chi connectivity index (χ1v) is 7.60. The number of amides is 1. The molecule has 3 rings (SSSR count). The van der Waals surface area contributed by atoms with E-state index in [-0.39, 0.29) is 18.3 Å². The molecule has 2 aliphatic rings. The topological polar surface area (TPSA) is 70.8 Å². The van der Waals surface area contributed by atoms with E-state index >= 15 is 0 Å². The van der Waals surface area contributed by atoms with E-state index in [1.54, 1.807) is 0 Å². The average molecular weight is 303 g/mol. The molecule has 0 spiro atoms. The Bertz CT molecular complexity index is 577. The van der Waals surface area contributed by atoms with Crippen molar-refractivity contribution < 1.29 is 18.8 Å². The number of hydrogen-bond acceptors (Lipinski definition) is 4. The van der Waals surface area contributed by atoms with E-state index in [1.807, 2.05) is 52.0 Å². The van der Waals surface area contributed by atoms with Crippen molar-refractivity contribution in [3.8, 4) is 0 Å². The highest BCUT2D eigenvalue weighted by Gasteiger charge is 2.52. The molecule has 1 amide bonds. The summed E-state index contributed by atoms with van der Waals surface area (Å²) in [6.45, 7) is 8.12. The van der Waals surface area contributed by atoms with Gasteiger partial charge in [0.15, 0.2) is 0 Å². The van der Waals surface area contributed by atoms with Gasteiger partial charge in [0.1, 0.15) is 5.60 Å². The zero-order valence-corrected chi connectivity index (χ0v) is 13.5. The Labute approximate surface area is 131 Å². The van der Waals surface area contributed by atoms with Gasteiger partial charge in [0.2, 0.25) is 0 Å². The maximum Gasteiger partial charge on any atom is 0.494 e. The molecule has 1 aromatic rings. The molecule has 1 saturated heterocycles. The van der Waals surface area contributed by atoms with Crippen LogP contribution in [0.5, 0.6) is 0 Å². The van der Waals surface area contributed by atoms with E-state index in [0.717, 1.165) is 23.9 Å². The van der Waals surface area contributed by atoms with E-state index in [2.05, 4.69) is 0 Å². The molecule has 118 valence electrons. The highest BCUT2D eigenvalue weighted by molar-refractivity contribution is 6.62.